The average Bonchev–Trinajstić information content (AvgIpc) is 2.94. The SMILES string of the molecule is CC(=O)Nc1nc(C)c(S(=O)(=O)NC2CNc3ccc(C#N)cc3C2)s1. The van der Waals surface area contributed by atoms with Gasteiger partial charge >= 0.3 is 0 Å². The molecule has 2 aromatic rings. The molecule has 0 radical (unpaired) electrons. The van der Waals surface area contributed by atoms with Crippen LogP contribution in [-0.4, -0.2) is 31.9 Å². The molecule has 3 N–H and O–H groups in total. The van der Waals surface area contributed by atoms with E-state index in [0.717, 1.165) is 22.6 Å². The van der Waals surface area contributed by atoms with Crippen molar-refractivity contribution in [3.8, 4) is 6.07 Å². The Morgan fingerprint density at radius 2 is 2.23 bits per heavy atom. The van der Waals surface area contributed by atoms with E-state index in [-0.39, 0.29) is 21.3 Å². The van der Waals surface area contributed by atoms with Crippen LogP contribution in [0.4, 0.5) is 10.8 Å². The molecule has 1 aliphatic heterocycles. The van der Waals surface area contributed by atoms with Gasteiger partial charge in [0, 0.05) is 25.2 Å². The number of amides is 1. The van der Waals surface area contributed by atoms with Gasteiger partial charge in [-0.25, -0.2) is 18.1 Å². The standard InChI is InChI=1S/C16H17N5O3S2/c1-9-15(25-16(19-9)20-10(2)22)26(23,24)21-13-6-12-5-11(7-17)3-4-14(12)18-8-13/h3-5,13,18,21H,6,8H2,1-2H3,(H,19,20,22). The minimum atomic E-state index is -3.77. The van der Waals surface area contributed by atoms with Crippen molar-refractivity contribution in [2.75, 3.05) is 17.2 Å². The molecule has 136 valence electrons. The van der Waals surface area contributed by atoms with Crippen molar-refractivity contribution in [3.05, 3.63) is 35.0 Å². The second kappa shape index (κ2) is 7.03. The quantitative estimate of drug-likeness (QED) is 0.727. The molecule has 1 aromatic carbocycles. The van der Waals surface area contributed by atoms with E-state index in [2.05, 4.69) is 26.4 Å². The predicted octanol–water partition coefficient (Wildman–Crippen LogP) is 1.60. The fourth-order valence-electron chi connectivity index (χ4n) is 2.77. The number of rotatable bonds is 4. The Morgan fingerprint density at radius 1 is 1.46 bits per heavy atom. The van der Waals surface area contributed by atoms with Gasteiger partial charge in [-0.3, -0.25) is 4.79 Å². The summed E-state index contributed by atoms with van der Waals surface area (Å²) in [6.45, 7) is 3.36. The van der Waals surface area contributed by atoms with Gasteiger partial charge in [0.25, 0.3) is 10.0 Å². The largest absolute Gasteiger partial charge is 0.383 e. The molecule has 1 aliphatic rings. The van der Waals surface area contributed by atoms with Crippen molar-refractivity contribution >= 4 is 38.1 Å². The van der Waals surface area contributed by atoms with E-state index >= 15 is 0 Å². The lowest BCUT2D eigenvalue weighted by Gasteiger charge is -2.26. The number of nitrogens with zero attached hydrogens (tertiary/aromatic N) is 2. The second-order valence-corrected chi connectivity index (χ2v) is 8.87. The molecule has 0 saturated carbocycles. The smallest absolute Gasteiger partial charge is 0.252 e. The summed E-state index contributed by atoms with van der Waals surface area (Å²) in [4.78, 5) is 15.2. The zero-order valence-corrected chi connectivity index (χ0v) is 15.8. The molecular formula is C16H17N5O3S2. The van der Waals surface area contributed by atoms with Crippen molar-refractivity contribution in [1.29, 1.82) is 5.26 Å². The molecule has 1 amide bonds. The molecule has 0 fully saturated rings. The maximum absolute atomic E-state index is 12.7. The Balaban J connectivity index is 1.79. The summed E-state index contributed by atoms with van der Waals surface area (Å²) in [5, 5.41) is 14.9. The summed E-state index contributed by atoms with van der Waals surface area (Å²) in [7, 11) is -3.77. The lowest BCUT2D eigenvalue weighted by atomic mass is 9.98. The number of anilines is 2. The number of nitrogens with one attached hydrogen (secondary N) is 3. The number of aromatic nitrogens is 1. The van der Waals surface area contributed by atoms with E-state index in [4.69, 9.17) is 5.26 Å². The fraction of sp³-hybridized carbons (Fsp3) is 0.312. The van der Waals surface area contributed by atoms with E-state index in [1.165, 1.54) is 6.92 Å². The molecule has 10 heteroatoms. The first-order valence-electron chi connectivity index (χ1n) is 7.83. The summed E-state index contributed by atoms with van der Waals surface area (Å²) in [6, 6.07) is 7.04. The first-order valence-corrected chi connectivity index (χ1v) is 10.1. The molecule has 1 unspecified atom stereocenters. The lowest BCUT2D eigenvalue weighted by molar-refractivity contribution is -0.114. The van der Waals surface area contributed by atoms with Crippen LogP contribution in [0.15, 0.2) is 22.4 Å². The zero-order chi connectivity index (χ0) is 18.9. The van der Waals surface area contributed by atoms with Gasteiger partial charge in [-0.2, -0.15) is 5.26 Å². The normalized spacial score (nSPS) is 16.3. The van der Waals surface area contributed by atoms with Gasteiger partial charge < -0.3 is 10.6 Å². The fourth-order valence-corrected chi connectivity index (χ4v) is 5.48. The molecule has 0 bridgehead atoms. The van der Waals surface area contributed by atoms with Crippen LogP contribution in [0.25, 0.3) is 0 Å². The minimum Gasteiger partial charge on any atom is -0.383 e. The number of nitriles is 1. The van der Waals surface area contributed by atoms with Gasteiger partial charge in [0.05, 0.1) is 17.3 Å². The number of aryl methyl sites for hydroxylation is 1. The Hall–Kier alpha value is -2.48. The van der Waals surface area contributed by atoms with E-state index in [9.17, 15) is 13.2 Å². The molecule has 2 heterocycles. The number of carbonyl (C=O) groups excluding carboxylic acids is 1. The van der Waals surface area contributed by atoms with Crippen LogP contribution in [0, 0.1) is 18.3 Å². The predicted molar refractivity (Wildman–Crippen MR) is 98.6 cm³/mol. The Bertz CT molecular complexity index is 1010. The highest BCUT2D eigenvalue weighted by atomic mass is 32.2. The van der Waals surface area contributed by atoms with Crippen LogP contribution in [0.3, 0.4) is 0 Å². The summed E-state index contributed by atoms with van der Waals surface area (Å²) >= 11 is 0.918. The Kier molecular flexibility index (Phi) is 4.95. The van der Waals surface area contributed by atoms with E-state index in [1.807, 2.05) is 6.07 Å². The number of benzene rings is 1. The third kappa shape index (κ3) is 3.85. The molecule has 0 aliphatic carbocycles. The van der Waals surface area contributed by atoms with E-state index in [1.54, 1.807) is 19.1 Å². The zero-order valence-electron chi connectivity index (χ0n) is 14.2. The van der Waals surface area contributed by atoms with Gasteiger partial charge in [-0.15, -0.1) is 0 Å². The van der Waals surface area contributed by atoms with Gasteiger partial charge in [0.1, 0.15) is 0 Å². The molecule has 26 heavy (non-hydrogen) atoms. The number of sulfonamides is 1. The Morgan fingerprint density at radius 3 is 2.92 bits per heavy atom. The monoisotopic (exact) mass is 391 g/mol. The van der Waals surface area contributed by atoms with E-state index < -0.39 is 10.0 Å². The van der Waals surface area contributed by atoms with Crippen LogP contribution < -0.4 is 15.4 Å². The van der Waals surface area contributed by atoms with Gasteiger partial charge in [-0.05, 0) is 37.1 Å². The molecule has 1 aromatic heterocycles. The maximum Gasteiger partial charge on any atom is 0.252 e. The summed E-state index contributed by atoms with van der Waals surface area (Å²) in [5.74, 6) is -0.308. The minimum absolute atomic E-state index is 0.0813. The molecule has 1 atom stereocenters. The van der Waals surface area contributed by atoms with Gasteiger partial charge in [0.2, 0.25) is 5.91 Å². The van der Waals surface area contributed by atoms with Crippen molar-refractivity contribution < 1.29 is 13.2 Å². The second-order valence-electron chi connectivity index (χ2n) is 5.96. The van der Waals surface area contributed by atoms with Crippen LogP contribution in [0.2, 0.25) is 0 Å². The summed E-state index contributed by atoms with van der Waals surface area (Å²) in [5.41, 5.74) is 2.67. The number of carbonyl (C=O) groups is 1. The molecule has 0 saturated heterocycles. The van der Waals surface area contributed by atoms with Crippen LogP contribution in [0.5, 0.6) is 0 Å². The van der Waals surface area contributed by atoms with Crippen LogP contribution in [-0.2, 0) is 21.2 Å². The Labute approximate surface area is 155 Å². The summed E-state index contributed by atoms with van der Waals surface area (Å²) < 4.78 is 28.2. The number of thiazole rings is 1. The van der Waals surface area contributed by atoms with E-state index in [0.29, 0.717) is 24.2 Å². The maximum atomic E-state index is 12.7. The average molecular weight is 391 g/mol. The highest BCUT2D eigenvalue weighted by Crippen LogP contribution is 2.28. The number of hydrogen-bond acceptors (Lipinski definition) is 7. The number of fused-ring (bicyclic) bond motifs is 1. The van der Waals surface area contributed by atoms with Gasteiger partial charge in [0.15, 0.2) is 9.34 Å². The van der Waals surface area contributed by atoms with Crippen molar-refractivity contribution in [1.82, 2.24) is 9.71 Å². The molecule has 0 spiro atoms. The third-order valence-electron chi connectivity index (χ3n) is 3.84. The number of hydrogen-bond donors (Lipinski definition) is 3. The van der Waals surface area contributed by atoms with Crippen molar-refractivity contribution in [2.24, 2.45) is 0 Å². The highest BCUT2D eigenvalue weighted by molar-refractivity contribution is 7.91. The van der Waals surface area contributed by atoms with Crippen LogP contribution in [0.1, 0.15) is 23.7 Å². The van der Waals surface area contributed by atoms with Crippen LogP contribution >= 0.6 is 11.3 Å². The first-order chi connectivity index (χ1) is 12.3. The third-order valence-corrected chi connectivity index (χ3v) is 7.05. The highest BCUT2D eigenvalue weighted by Gasteiger charge is 2.28. The topological polar surface area (TPSA) is 124 Å². The summed E-state index contributed by atoms with van der Waals surface area (Å²) in [6.07, 6.45) is 0.480. The first kappa shape index (κ1) is 18.3. The van der Waals surface area contributed by atoms with Gasteiger partial charge in [-0.1, -0.05) is 11.3 Å². The van der Waals surface area contributed by atoms with Crippen molar-refractivity contribution in [3.63, 3.8) is 0 Å². The molecule has 3 rings (SSSR count). The van der Waals surface area contributed by atoms with Crippen molar-refractivity contribution in [2.45, 2.75) is 30.5 Å². The lowest BCUT2D eigenvalue weighted by Crippen LogP contribution is -2.43. The molecular weight excluding hydrogens is 374 g/mol. The molecule has 8 nitrogen and oxygen atoms in total.